The number of fused-ring (bicyclic) bond motifs is 1. The number of hydrogen-bond acceptors (Lipinski definition) is 7. The topological polar surface area (TPSA) is 97.2 Å². The van der Waals surface area contributed by atoms with Crippen LogP contribution in [0, 0.1) is 11.7 Å². The zero-order valence-electron chi connectivity index (χ0n) is 26.9. The van der Waals surface area contributed by atoms with Gasteiger partial charge in [0.25, 0.3) is 11.5 Å². The molecular weight excluding hydrogens is 627 g/mol. The van der Waals surface area contributed by atoms with Gasteiger partial charge in [-0.15, -0.1) is 13.2 Å². The van der Waals surface area contributed by atoms with Gasteiger partial charge in [0.2, 0.25) is 0 Å². The molecule has 2 saturated heterocycles. The molecule has 3 aromatic rings. The molecule has 0 bridgehead atoms. The third kappa shape index (κ3) is 7.97. The van der Waals surface area contributed by atoms with Crippen molar-refractivity contribution in [1.82, 2.24) is 19.4 Å². The van der Waals surface area contributed by atoms with Gasteiger partial charge in [-0.25, -0.2) is 31.6 Å². The van der Waals surface area contributed by atoms with Crippen molar-refractivity contribution in [3.8, 4) is 0 Å². The minimum absolute atomic E-state index is 0.00773. The number of likely N-dealkylation sites (tertiary alicyclic amines) is 1. The highest BCUT2D eigenvalue weighted by molar-refractivity contribution is 7.91. The molecule has 0 radical (unpaired) electrons. The first-order valence-corrected chi connectivity index (χ1v) is 18.2. The zero-order chi connectivity index (χ0) is 33.8. The molecule has 4 heterocycles. The summed E-state index contributed by atoms with van der Waals surface area (Å²) in [5.41, 5.74) is 0.105. The second-order valence-electron chi connectivity index (χ2n) is 12.9. The van der Waals surface area contributed by atoms with Crippen LogP contribution in [0.15, 0.2) is 60.7 Å². The van der Waals surface area contributed by atoms with Crippen LogP contribution in [0.5, 0.6) is 0 Å². The van der Waals surface area contributed by atoms with E-state index >= 15 is 13.2 Å². The molecule has 2 fully saturated rings. The maximum absolute atomic E-state index is 15.9. The van der Waals surface area contributed by atoms with Gasteiger partial charge in [-0.05, 0) is 76.4 Å². The maximum atomic E-state index is 15.9. The number of aromatic nitrogens is 3. The molecule has 2 aromatic heterocycles. The van der Waals surface area contributed by atoms with Gasteiger partial charge in [-0.2, -0.15) is 0 Å². The summed E-state index contributed by atoms with van der Waals surface area (Å²) in [6.07, 6.45) is 7.73. The van der Waals surface area contributed by atoms with E-state index in [9.17, 15) is 13.2 Å². The van der Waals surface area contributed by atoms with E-state index in [1.165, 1.54) is 18.5 Å². The Labute approximate surface area is 274 Å². The van der Waals surface area contributed by atoms with Crippen molar-refractivity contribution < 1.29 is 21.6 Å². The van der Waals surface area contributed by atoms with Gasteiger partial charge in [0, 0.05) is 30.6 Å². The number of alkyl halides is 2. The van der Waals surface area contributed by atoms with Gasteiger partial charge in [0.1, 0.15) is 33.4 Å². The van der Waals surface area contributed by atoms with E-state index in [-0.39, 0.29) is 34.5 Å². The van der Waals surface area contributed by atoms with Crippen molar-refractivity contribution in [2.24, 2.45) is 5.92 Å². The normalized spacial score (nSPS) is 18.6. The van der Waals surface area contributed by atoms with E-state index < -0.39 is 39.6 Å². The minimum atomic E-state index is -3.34. The number of benzene rings is 1. The van der Waals surface area contributed by atoms with Crippen molar-refractivity contribution in [1.29, 1.82) is 0 Å². The molecule has 0 aliphatic carbocycles. The lowest BCUT2D eigenvalue weighted by Gasteiger charge is -2.33. The van der Waals surface area contributed by atoms with Crippen LogP contribution in [-0.4, -0.2) is 59.0 Å². The zero-order valence-corrected chi connectivity index (χ0v) is 27.8. The van der Waals surface area contributed by atoms with E-state index in [0.29, 0.717) is 80.6 Å². The van der Waals surface area contributed by atoms with Crippen molar-refractivity contribution in [2.45, 2.75) is 76.3 Å². The highest BCUT2D eigenvalue weighted by Gasteiger charge is 2.39. The van der Waals surface area contributed by atoms with Crippen LogP contribution in [0.4, 0.5) is 19.0 Å². The van der Waals surface area contributed by atoms with Crippen molar-refractivity contribution in [3.05, 3.63) is 88.8 Å². The summed E-state index contributed by atoms with van der Waals surface area (Å²) in [6, 6.07) is 5.06. The number of sulfone groups is 1. The van der Waals surface area contributed by atoms with E-state index in [1.54, 1.807) is 23.6 Å². The summed E-state index contributed by atoms with van der Waals surface area (Å²) in [6.45, 7) is 11.7. The van der Waals surface area contributed by atoms with Crippen LogP contribution in [0.1, 0.15) is 80.5 Å². The Hall–Kier alpha value is -3.51. The average Bonchev–Trinajstić information content (AvgIpc) is 3.03. The number of nitrogens with one attached hydrogen (secondary N) is 1. The quantitative estimate of drug-likeness (QED) is 0.159. The van der Waals surface area contributed by atoms with Gasteiger partial charge in [-0.1, -0.05) is 30.4 Å². The summed E-state index contributed by atoms with van der Waals surface area (Å²) in [5, 5.41) is 3.72. The van der Waals surface area contributed by atoms with Gasteiger partial charge in [0.05, 0.1) is 28.5 Å². The van der Waals surface area contributed by atoms with Crippen LogP contribution in [0.3, 0.4) is 0 Å². The number of unbranched alkanes of at least 4 members (excludes halogenated alkanes) is 1. The van der Waals surface area contributed by atoms with Crippen LogP contribution in [0.2, 0.25) is 0 Å². The Bertz CT molecular complexity index is 1760. The van der Waals surface area contributed by atoms with E-state index in [4.69, 9.17) is 0 Å². The standard InChI is InChI=1S/C35H44F3N5O3S/c1-4-6-7-16-43-33-29(21-28(34(43)44)26-13-19-47(45,46)20-14-26)32(39-23-40-33)41-24(3)27-9-8-10-30(31(27)36)35(37,38)22-25-11-17-42(15-5-2)18-12-25/h4-5,8-10,21,23-26H,1-2,6-7,11-20,22H2,3H3,(H,39,40,41). The largest absolute Gasteiger partial charge is 0.363 e. The van der Waals surface area contributed by atoms with Crippen LogP contribution >= 0.6 is 0 Å². The molecule has 2 aliphatic rings. The highest BCUT2D eigenvalue weighted by Crippen LogP contribution is 2.41. The smallest absolute Gasteiger partial charge is 0.276 e. The fourth-order valence-electron chi connectivity index (χ4n) is 6.89. The summed E-state index contributed by atoms with van der Waals surface area (Å²) >= 11 is 0. The molecule has 0 amide bonds. The third-order valence-electron chi connectivity index (χ3n) is 9.58. The Morgan fingerprint density at radius 1 is 1.11 bits per heavy atom. The Kier molecular flexibility index (Phi) is 10.9. The monoisotopic (exact) mass is 671 g/mol. The minimum Gasteiger partial charge on any atom is -0.363 e. The number of allylic oxidation sites excluding steroid dienone is 1. The van der Waals surface area contributed by atoms with Crippen molar-refractivity contribution in [3.63, 3.8) is 0 Å². The molecule has 0 saturated carbocycles. The fraction of sp³-hybridized carbons (Fsp3) is 0.514. The van der Waals surface area contributed by atoms with Crippen LogP contribution < -0.4 is 10.9 Å². The molecule has 0 spiro atoms. The molecule has 12 heteroatoms. The van der Waals surface area contributed by atoms with Gasteiger partial charge in [-0.3, -0.25) is 14.3 Å². The molecule has 8 nitrogen and oxygen atoms in total. The molecule has 47 heavy (non-hydrogen) atoms. The van der Waals surface area contributed by atoms with Crippen molar-refractivity contribution >= 4 is 26.7 Å². The lowest BCUT2D eigenvalue weighted by atomic mass is 9.87. The maximum Gasteiger partial charge on any atom is 0.276 e. The SMILES string of the molecule is C=CCCCn1c(=O)c(C2CCS(=O)(=O)CC2)cc2c(NC(C)c3cccc(C(F)(F)CC4CCN(CC=C)CC4)c3F)ncnc21. The summed E-state index contributed by atoms with van der Waals surface area (Å²) in [4.78, 5) is 24.7. The average molecular weight is 672 g/mol. The van der Waals surface area contributed by atoms with Gasteiger partial charge in [0.15, 0.2) is 0 Å². The number of hydrogen-bond donors (Lipinski definition) is 1. The number of pyridine rings is 1. The molecule has 1 N–H and O–H groups in total. The predicted molar refractivity (Wildman–Crippen MR) is 180 cm³/mol. The second-order valence-corrected chi connectivity index (χ2v) is 15.2. The lowest BCUT2D eigenvalue weighted by molar-refractivity contribution is -0.0397. The van der Waals surface area contributed by atoms with E-state index in [1.807, 2.05) is 6.08 Å². The molecule has 2 aliphatic heterocycles. The third-order valence-corrected chi connectivity index (χ3v) is 11.3. The van der Waals surface area contributed by atoms with Gasteiger partial charge >= 0.3 is 0 Å². The Balaban J connectivity index is 1.44. The molecular formula is C35H44F3N5O3S. The second kappa shape index (κ2) is 14.7. The highest BCUT2D eigenvalue weighted by atomic mass is 32.2. The van der Waals surface area contributed by atoms with Gasteiger partial charge < -0.3 is 5.32 Å². The van der Waals surface area contributed by atoms with E-state index in [0.717, 1.165) is 12.6 Å². The Morgan fingerprint density at radius 3 is 2.51 bits per heavy atom. The predicted octanol–water partition coefficient (Wildman–Crippen LogP) is 6.74. The van der Waals surface area contributed by atoms with Crippen LogP contribution in [0.25, 0.3) is 11.0 Å². The first-order chi connectivity index (χ1) is 22.4. The molecule has 254 valence electrons. The van der Waals surface area contributed by atoms with E-state index in [2.05, 4.69) is 33.3 Å². The molecule has 1 unspecified atom stereocenters. The number of anilines is 1. The summed E-state index contributed by atoms with van der Waals surface area (Å²) < 4.78 is 73.0. The molecule has 1 aromatic carbocycles. The Morgan fingerprint density at radius 2 is 1.83 bits per heavy atom. The first-order valence-electron chi connectivity index (χ1n) is 16.4. The summed E-state index contributed by atoms with van der Waals surface area (Å²) in [7, 11) is -3.14. The number of halogens is 3. The molecule has 5 rings (SSSR count). The fourth-order valence-corrected chi connectivity index (χ4v) is 8.38. The van der Waals surface area contributed by atoms with Crippen LogP contribution in [-0.2, 0) is 22.3 Å². The molecule has 1 atom stereocenters. The van der Waals surface area contributed by atoms with Crippen molar-refractivity contribution in [2.75, 3.05) is 36.5 Å². The number of aryl methyl sites for hydroxylation is 1. The number of rotatable bonds is 13. The first kappa shape index (κ1) is 34.8. The lowest BCUT2D eigenvalue weighted by Crippen LogP contribution is -2.35. The summed E-state index contributed by atoms with van der Waals surface area (Å²) in [5.74, 6) is -4.41. The number of nitrogens with zero attached hydrogens (tertiary/aromatic N) is 4. The number of piperidine rings is 1.